The van der Waals surface area contributed by atoms with Crippen molar-refractivity contribution < 1.29 is 0 Å². The van der Waals surface area contributed by atoms with Crippen molar-refractivity contribution >= 4 is 29.0 Å². The normalized spacial score (nSPS) is 9.50. The average Bonchev–Trinajstić information content (AvgIpc) is 1.95. The number of nitrogens with zero attached hydrogens (tertiary/aromatic N) is 1. The highest BCUT2D eigenvalue weighted by molar-refractivity contribution is 6.41. The molecule has 0 aliphatic heterocycles. The van der Waals surface area contributed by atoms with Gasteiger partial charge in [-0.3, -0.25) is 0 Å². The molecule has 0 atom stereocenters. The number of hydrazine groups is 1. The molecule has 1 rings (SSSR count). The fraction of sp³-hybridized carbons (Fsp3) is 0. The van der Waals surface area contributed by atoms with Crippen molar-refractivity contribution in [1.29, 1.82) is 0 Å². The van der Waals surface area contributed by atoms with Crippen LogP contribution in [0.2, 0.25) is 10.2 Å². The van der Waals surface area contributed by atoms with Crippen molar-refractivity contribution in [2.24, 2.45) is 5.84 Å². The van der Waals surface area contributed by atoms with Gasteiger partial charge in [0.25, 0.3) is 0 Å². The molecule has 1 aromatic heterocycles. The van der Waals surface area contributed by atoms with Crippen LogP contribution in [-0.2, 0) is 0 Å². The summed E-state index contributed by atoms with van der Waals surface area (Å²) in [5, 5.41) is 0.665. The van der Waals surface area contributed by atoms with Crippen LogP contribution < -0.4 is 11.3 Å². The van der Waals surface area contributed by atoms with Gasteiger partial charge in [-0.1, -0.05) is 23.2 Å². The smallest absolute Gasteiger partial charge is 0.150 e. The van der Waals surface area contributed by atoms with Crippen LogP contribution in [0.5, 0.6) is 0 Å². The van der Waals surface area contributed by atoms with Crippen LogP contribution >= 0.6 is 23.2 Å². The molecule has 10 heavy (non-hydrogen) atoms. The number of hydrogen-bond acceptors (Lipinski definition) is 3. The van der Waals surface area contributed by atoms with Crippen LogP contribution in [0.3, 0.4) is 0 Å². The van der Waals surface area contributed by atoms with Crippen LogP contribution in [0.25, 0.3) is 0 Å². The first-order valence-corrected chi connectivity index (χ1v) is 3.28. The molecule has 5 heteroatoms. The van der Waals surface area contributed by atoms with E-state index in [0.29, 0.717) is 10.8 Å². The number of hydrogen-bond donors (Lipinski definition) is 2. The number of rotatable bonds is 1. The maximum atomic E-state index is 5.57. The van der Waals surface area contributed by atoms with Crippen molar-refractivity contribution in [3.63, 3.8) is 0 Å². The first-order chi connectivity index (χ1) is 4.74. The Morgan fingerprint density at radius 1 is 1.40 bits per heavy atom. The van der Waals surface area contributed by atoms with Crippen LogP contribution in [0.1, 0.15) is 0 Å². The highest BCUT2D eigenvalue weighted by Gasteiger charge is 1.97. The maximum absolute atomic E-state index is 5.57. The summed E-state index contributed by atoms with van der Waals surface area (Å²) in [6, 6.07) is 3.25. The second-order valence-corrected chi connectivity index (χ2v) is 2.38. The molecule has 0 fully saturated rings. The fourth-order valence-corrected chi connectivity index (χ4v) is 0.757. The SMILES string of the molecule is NNc1ccc(Cl)c(Cl)n1. The summed E-state index contributed by atoms with van der Waals surface area (Å²) in [5.41, 5.74) is 2.34. The predicted octanol–water partition coefficient (Wildman–Crippen LogP) is 1.67. The van der Waals surface area contributed by atoms with E-state index < -0.39 is 0 Å². The highest BCUT2D eigenvalue weighted by atomic mass is 35.5. The van der Waals surface area contributed by atoms with Gasteiger partial charge < -0.3 is 5.43 Å². The average molecular weight is 178 g/mol. The Morgan fingerprint density at radius 3 is 2.60 bits per heavy atom. The molecule has 3 nitrogen and oxygen atoms in total. The third-order valence-electron chi connectivity index (χ3n) is 0.951. The Morgan fingerprint density at radius 2 is 2.10 bits per heavy atom. The van der Waals surface area contributed by atoms with E-state index in [-0.39, 0.29) is 5.15 Å². The van der Waals surface area contributed by atoms with Crippen LogP contribution in [0, 0.1) is 0 Å². The first kappa shape index (κ1) is 7.60. The van der Waals surface area contributed by atoms with Crippen LogP contribution in [0.4, 0.5) is 5.82 Å². The number of aromatic nitrogens is 1. The lowest BCUT2D eigenvalue weighted by atomic mass is 10.5. The molecule has 0 saturated heterocycles. The van der Waals surface area contributed by atoms with Crippen molar-refractivity contribution in [2.45, 2.75) is 0 Å². The van der Waals surface area contributed by atoms with Gasteiger partial charge in [0.05, 0.1) is 5.02 Å². The second-order valence-electron chi connectivity index (χ2n) is 1.61. The quantitative estimate of drug-likeness (QED) is 0.390. The Balaban J connectivity index is 3.04. The predicted molar refractivity (Wildman–Crippen MR) is 42.1 cm³/mol. The van der Waals surface area contributed by atoms with E-state index >= 15 is 0 Å². The highest BCUT2D eigenvalue weighted by Crippen LogP contribution is 2.20. The molecule has 54 valence electrons. The van der Waals surface area contributed by atoms with E-state index in [1.54, 1.807) is 12.1 Å². The van der Waals surface area contributed by atoms with Crippen molar-refractivity contribution in [1.82, 2.24) is 4.98 Å². The van der Waals surface area contributed by atoms with Gasteiger partial charge in [0, 0.05) is 0 Å². The summed E-state index contributed by atoms with van der Waals surface area (Å²) < 4.78 is 0. The van der Waals surface area contributed by atoms with Gasteiger partial charge >= 0.3 is 0 Å². The van der Waals surface area contributed by atoms with E-state index in [1.165, 1.54) is 0 Å². The van der Waals surface area contributed by atoms with Crippen molar-refractivity contribution in [2.75, 3.05) is 5.43 Å². The van der Waals surface area contributed by atoms with Gasteiger partial charge in [-0.05, 0) is 12.1 Å². The molecule has 1 heterocycles. The number of anilines is 1. The summed E-state index contributed by atoms with van der Waals surface area (Å²) in [4.78, 5) is 3.79. The number of pyridine rings is 1. The molecule has 0 unspecified atom stereocenters. The molecule has 0 saturated carbocycles. The standard InChI is InChI=1S/C5H5Cl2N3/c6-3-1-2-4(10-8)9-5(3)7/h1-2H,8H2,(H,9,10). The van der Waals surface area contributed by atoms with Gasteiger partial charge in [0.2, 0.25) is 0 Å². The summed E-state index contributed by atoms with van der Waals surface area (Å²) in [7, 11) is 0. The Labute approximate surface area is 68.1 Å². The monoisotopic (exact) mass is 177 g/mol. The van der Waals surface area contributed by atoms with E-state index in [4.69, 9.17) is 29.0 Å². The zero-order chi connectivity index (χ0) is 7.56. The third-order valence-corrected chi connectivity index (χ3v) is 1.64. The molecule has 0 aromatic carbocycles. The Hall–Kier alpha value is -0.510. The minimum absolute atomic E-state index is 0.247. The third kappa shape index (κ3) is 1.50. The largest absolute Gasteiger partial charge is 0.308 e. The molecule has 1 aromatic rings. The van der Waals surface area contributed by atoms with Gasteiger partial charge in [0.15, 0.2) is 0 Å². The summed E-state index contributed by atoms with van der Waals surface area (Å²) in [6.07, 6.45) is 0. The van der Waals surface area contributed by atoms with Crippen molar-refractivity contribution in [3.8, 4) is 0 Å². The molecule has 3 N–H and O–H groups in total. The van der Waals surface area contributed by atoms with Gasteiger partial charge in [-0.25, -0.2) is 10.8 Å². The fourth-order valence-electron chi connectivity index (χ4n) is 0.498. The lowest BCUT2D eigenvalue weighted by Gasteiger charge is -1.98. The number of nitrogens with two attached hydrogens (primary N) is 1. The zero-order valence-corrected chi connectivity index (χ0v) is 6.45. The molecular formula is C5H5Cl2N3. The molecular weight excluding hydrogens is 173 g/mol. The maximum Gasteiger partial charge on any atom is 0.150 e. The molecule has 0 aliphatic carbocycles. The lowest BCUT2D eigenvalue weighted by molar-refractivity contribution is 1.23. The van der Waals surface area contributed by atoms with Crippen LogP contribution in [0.15, 0.2) is 12.1 Å². The van der Waals surface area contributed by atoms with E-state index in [2.05, 4.69) is 10.4 Å². The van der Waals surface area contributed by atoms with E-state index in [0.717, 1.165) is 0 Å². The molecule has 0 radical (unpaired) electrons. The van der Waals surface area contributed by atoms with Gasteiger partial charge in [0.1, 0.15) is 11.0 Å². The molecule has 0 aliphatic rings. The molecule has 0 bridgehead atoms. The van der Waals surface area contributed by atoms with Crippen LogP contribution in [-0.4, -0.2) is 4.98 Å². The van der Waals surface area contributed by atoms with E-state index in [1.807, 2.05) is 0 Å². The Bertz CT molecular complexity index is 238. The minimum Gasteiger partial charge on any atom is -0.308 e. The zero-order valence-electron chi connectivity index (χ0n) is 4.94. The molecule has 0 amide bonds. The lowest BCUT2D eigenvalue weighted by Crippen LogP contribution is -2.08. The molecule has 0 spiro atoms. The number of halogens is 2. The minimum atomic E-state index is 0.247. The van der Waals surface area contributed by atoms with E-state index in [9.17, 15) is 0 Å². The topological polar surface area (TPSA) is 50.9 Å². The summed E-state index contributed by atoms with van der Waals surface area (Å²) >= 11 is 11.1. The first-order valence-electron chi connectivity index (χ1n) is 2.52. The Kier molecular flexibility index (Phi) is 2.32. The van der Waals surface area contributed by atoms with Gasteiger partial charge in [-0.15, -0.1) is 0 Å². The van der Waals surface area contributed by atoms with Gasteiger partial charge in [-0.2, -0.15) is 0 Å². The summed E-state index contributed by atoms with van der Waals surface area (Å²) in [5.74, 6) is 5.55. The summed E-state index contributed by atoms with van der Waals surface area (Å²) in [6.45, 7) is 0. The number of nitrogen functional groups attached to an aromatic ring is 1. The number of nitrogens with one attached hydrogen (secondary N) is 1. The van der Waals surface area contributed by atoms with Crippen molar-refractivity contribution in [3.05, 3.63) is 22.3 Å². The second kappa shape index (κ2) is 3.05.